The van der Waals surface area contributed by atoms with Gasteiger partial charge < -0.3 is 9.80 Å². The molecule has 0 bridgehead atoms. The van der Waals surface area contributed by atoms with E-state index < -0.39 is 0 Å². The van der Waals surface area contributed by atoms with Gasteiger partial charge in [-0.1, -0.05) is 96.4 Å². The van der Waals surface area contributed by atoms with Crippen LogP contribution in [-0.4, -0.2) is 6.54 Å². The van der Waals surface area contributed by atoms with Gasteiger partial charge in [-0.3, -0.25) is 0 Å². The maximum absolute atomic E-state index is 5.41. The van der Waals surface area contributed by atoms with Crippen molar-refractivity contribution < 1.29 is 0 Å². The molecule has 2 nitrogen and oxygen atoms in total. The van der Waals surface area contributed by atoms with E-state index in [0.29, 0.717) is 0 Å². The highest BCUT2D eigenvalue weighted by atomic mass is 15.1. The number of terminal acetylenes is 1. The first-order valence-corrected chi connectivity index (χ1v) is 13.9. The lowest BCUT2D eigenvalue weighted by atomic mass is 10.0. The van der Waals surface area contributed by atoms with Crippen LogP contribution in [0.15, 0.2) is 157 Å². The molecule has 0 amide bonds. The molecule has 0 aliphatic heterocycles. The van der Waals surface area contributed by atoms with Crippen LogP contribution in [0, 0.1) is 19.3 Å². The molecule has 0 unspecified atom stereocenters. The molecule has 5 rings (SSSR count). The minimum atomic E-state index is 0.738. The summed E-state index contributed by atoms with van der Waals surface area (Å²) in [5.74, 6) is 2.59. The molecule has 5 aromatic rings. The predicted molar refractivity (Wildman–Crippen MR) is 176 cm³/mol. The quantitative estimate of drug-likeness (QED) is 0.138. The lowest BCUT2D eigenvalue weighted by Crippen LogP contribution is -2.16. The highest BCUT2D eigenvalue weighted by Crippen LogP contribution is 2.36. The molecule has 0 N–H and O–H groups in total. The van der Waals surface area contributed by atoms with Crippen molar-refractivity contribution in [2.45, 2.75) is 13.8 Å². The van der Waals surface area contributed by atoms with Crippen LogP contribution in [0.3, 0.4) is 0 Å². The van der Waals surface area contributed by atoms with Gasteiger partial charge in [0, 0.05) is 35.0 Å². The number of allylic oxidation sites excluding steroid dienone is 3. The zero-order chi connectivity index (χ0) is 28.4. The lowest BCUT2D eigenvalue weighted by Gasteiger charge is -2.26. The second kappa shape index (κ2) is 13.2. The Labute approximate surface area is 244 Å². The second-order valence-electron chi connectivity index (χ2n) is 10.0. The minimum Gasteiger partial charge on any atom is -0.338 e. The molecule has 41 heavy (non-hydrogen) atoms. The van der Waals surface area contributed by atoms with Crippen molar-refractivity contribution in [1.29, 1.82) is 0 Å². The Balaban J connectivity index is 1.40. The Morgan fingerprint density at radius 2 is 1.05 bits per heavy atom. The molecule has 0 heterocycles. The minimum absolute atomic E-state index is 0.738. The fourth-order valence-corrected chi connectivity index (χ4v) is 4.85. The van der Waals surface area contributed by atoms with Gasteiger partial charge >= 0.3 is 0 Å². The molecule has 0 aromatic heterocycles. The van der Waals surface area contributed by atoms with Crippen molar-refractivity contribution in [3.8, 4) is 23.5 Å². The van der Waals surface area contributed by atoms with Crippen molar-refractivity contribution in [3.05, 3.63) is 163 Å². The van der Waals surface area contributed by atoms with Crippen LogP contribution in [-0.2, 0) is 0 Å². The summed E-state index contributed by atoms with van der Waals surface area (Å²) in [6.07, 6.45) is 11.4. The van der Waals surface area contributed by atoms with Crippen LogP contribution in [0.5, 0.6) is 0 Å². The molecule has 0 saturated carbocycles. The van der Waals surface area contributed by atoms with E-state index in [0.717, 1.165) is 40.6 Å². The van der Waals surface area contributed by atoms with E-state index in [1.165, 1.54) is 16.7 Å². The normalized spacial score (nSPS) is 11.3. The van der Waals surface area contributed by atoms with Crippen molar-refractivity contribution in [1.82, 2.24) is 0 Å². The molecular formula is C39H34N2. The summed E-state index contributed by atoms with van der Waals surface area (Å²) < 4.78 is 0. The number of hydrogen-bond acceptors (Lipinski definition) is 2. The van der Waals surface area contributed by atoms with Gasteiger partial charge in [-0.25, -0.2) is 0 Å². The van der Waals surface area contributed by atoms with E-state index in [9.17, 15) is 0 Å². The summed E-state index contributed by atoms with van der Waals surface area (Å²) in [5.41, 5.74) is 10.3. The Bertz CT molecular complexity index is 1640. The van der Waals surface area contributed by atoms with E-state index in [2.05, 4.69) is 162 Å². The number of anilines is 5. The average molecular weight is 531 g/mol. The smallest absolute Gasteiger partial charge is 0.0462 e. The van der Waals surface area contributed by atoms with Gasteiger partial charge in [-0.05, 0) is 97.3 Å². The first-order chi connectivity index (χ1) is 20.1. The summed E-state index contributed by atoms with van der Waals surface area (Å²) in [6, 6.07) is 47.2. The van der Waals surface area contributed by atoms with E-state index in [4.69, 9.17) is 6.42 Å². The predicted octanol–water partition coefficient (Wildman–Crippen LogP) is 10.4. The molecule has 2 heteroatoms. The molecule has 200 valence electrons. The first kappa shape index (κ1) is 27.3. The SMILES string of the molecule is C#C/C=C(C)\C=C/CN(c1ccccc1)c1ccc(-c2ccc(N(c3ccccc3)c3ccc(C)cc3)cc2)cc1. The number of aryl methyl sites for hydroxylation is 1. The van der Waals surface area contributed by atoms with E-state index in [-0.39, 0.29) is 0 Å². The third-order valence-electron chi connectivity index (χ3n) is 6.99. The van der Waals surface area contributed by atoms with Crippen LogP contribution in [0.1, 0.15) is 12.5 Å². The monoisotopic (exact) mass is 530 g/mol. The summed E-state index contributed by atoms with van der Waals surface area (Å²) >= 11 is 0. The van der Waals surface area contributed by atoms with Gasteiger partial charge in [-0.2, -0.15) is 0 Å². The molecule has 0 spiro atoms. The van der Waals surface area contributed by atoms with Crippen LogP contribution in [0.25, 0.3) is 11.1 Å². The van der Waals surface area contributed by atoms with E-state index >= 15 is 0 Å². The van der Waals surface area contributed by atoms with E-state index in [1.807, 2.05) is 13.0 Å². The largest absolute Gasteiger partial charge is 0.338 e. The number of benzene rings is 5. The molecule has 0 aliphatic carbocycles. The average Bonchev–Trinajstić information content (AvgIpc) is 3.02. The van der Waals surface area contributed by atoms with Crippen LogP contribution < -0.4 is 9.80 Å². The zero-order valence-electron chi connectivity index (χ0n) is 23.6. The summed E-state index contributed by atoms with van der Waals surface area (Å²) in [6.45, 7) is 4.87. The maximum Gasteiger partial charge on any atom is 0.0462 e. The van der Waals surface area contributed by atoms with Gasteiger partial charge in [0.1, 0.15) is 0 Å². The summed E-state index contributed by atoms with van der Waals surface area (Å²) in [7, 11) is 0. The topological polar surface area (TPSA) is 6.48 Å². The summed E-state index contributed by atoms with van der Waals surface area (Å²) in [5, 5.41) is 0. The number of para-hydroxylation sites is 2. The number of nitrogens with zero attached hydrogens (tertiary/aromatic N) is 2. The van der Waals surface area contributed by atoms with Crippen LogP contribution in [0.2, 0.25) is 0 Å². The molecule has 0 saturated heterocycles. The van der Waals surface area contributed by atoms with Gasteiger partial charge in [0.25, 0.3) is 0 Å². The van der Waals surface area contributed by atoms with Gasteiger partial charge in [0.15, 0.2) is 0 Å². The van der Waals surface area contributed by atoms with Crippen molar-refractivity contribution in [2.24, 2.45) is 0 Å². The Morgan fingerprint density at radius 3 is 1.59 bits per heavy atom. The summed E-state index contributed by atoms with van der Waals surface area (Å²) in [4.78, 5) is 4.59. The molecule has 5 aromatic carbocycles. The van der Waals surface area contributed by atoms with Crippen molar-refractivity contribution >= 4 is 28.4 Å². The highest BCUT2D eigenvalue weighted by Gasteiger charge is 2.13. The van der Waals surface area contributed by atoms with Crippen molar-refractivity contribution in [2.75, 3.05) is 16.3 Å². The molecule has 0 fully saturated rings. The first-order valence-electron chi connectivity index (χ1n) is 13.9. The fraction of sp³-hybridized carbons (Fsp3) is 0.0769. The number of hydrogen-bond donors (Lipinski definition) is 0. The standard InChI is InChI=1S/C39H34N2/c1-4-12-31(2)13-11-30-40(35-14-7-5-8-15-35)36-26-20-33(21-27-36)34-22-28-39(29-23-34)41(37-16-9-6-10-17-37)38-24-18-32(3)19-25-38/h1,5-29H,30H2,2-3H3/b13-11-,31-12-. The Hall–Kier alpha value is -5.26. The van der Waals surface area contributed by atoms with Crippen LogP contribution in [0.4, 0.5) is 28.4 Å². The third-order valence-corrected chi connectivity index (χ3v) is 6.99. The second-order valence-corrected chi connectivity index (χ2v) is 10.0. The van der Waals surface area contributed by atoms with Crippen molar-refractivity contribution in [3.63, 3.8) is 0 Å². The van der Waals surface area contributed by atoms with Gasteiger partial charge in [0.05, 0.1) is 0 Å². The highest BCUT2D eigenvalue weighted by molar-refractivity contribution is 5.78. The van der Waals surface area contributed by atoms with Gasteiger partial charge in [0.2, 0.25) is 0 Å². The Morgan fingerprint density at radius 1 is 0.610 bits per heavy atom. The molecule has 0 radical (unpaired) electrons. The molecular weight excluding hydrogens is 496 g/mol. The van der Waals surface area contributed by atoms with Crippen LogP contribution >= 0.6 is 0 Å². The fourth-order valence-electron chi connectivity index (χ4n) is 4.85. The number of rotatable bonds is 9. The zero-order valence-corrected chi connectivity index (χ0v) is 23.6. The lowest BCUT2D eigenvalue weighted by molar-refractivity contribution is 1.09. The van der Waals surface area contributed by atoms with Gasteiger partial charge in [-0.15, -0.1) is 6.42 Å². The molecule has 0 atom stereocenters. The molecule has 0 aliphatic rings. The third kappa shape index (κ3) is 6.85. The Kier molecular flexibility index (Phi) is 8.79. The van der Waals surface area contributed by atoms with E-state index in [1.54, 1.807) is 6.08 Å². The maximum atomic E-state index is 5.41.